The Morgan fingerprint density at radius 3 is 3.07 bits per heavy atom. The molecule has 4 rings (SSSR count). The Morgan fingerprint density at radius 1 is 1.41 bits per heavy atom. The number of carbonyl (C=O) groups is 1. The number of H-pyrrole nitrogens is 1. The van der Waals surface area contributed by atoms with Crippen molar-refractivity contribution in [1.82, 2.24) is 20.5 Å². The molecule has 27 heavy (non-hydrogen) atoms. The van der Waals surface area contributed by atoms with Gasteiger partial charge in [0, 0.05) is 31.9 Å². The first-order chi connectivity index (χ1) is 13.2. The molecule has 0 saturated carbocycles. The highest BCUT2D eigenvalue weighted by molar-refractivity contribution is 5.93. The van der Waals surface area contributed by atoms with E-state index in [0.29, 0.717) is 30.3 Å². The maximum atomic E-state index is 12.3. The third-order valence-corrected chi connectivity index (χ3v) is 4.42. The maximum Gasteiger partial charge on any atom is 0.272 e. The van der Waals surface area contributed by atoms with Crippen LogP contribution in [0.25, 0.3) is 11.5 Å². The van der Waals surface area contributed by atoms with Gasteiger partial charge < -0.3 is 19.4 Å². The predicted octanol–water partition coefficient (Wildman–Crippen LogP) is 2.22. The van der Waals surface area contributed by atoms with Gasteiger partial charge in [-0.25, -0.2) is 4.98 Å². The van der Waals surface area contributed by atoms with E-state index in [0.717, 1.165) is 24.5 Å². The Hall–Kier alpha value is -3.13. The smallest absolute Gasteiger partial charge is 0.272 e. The van der Waals surface area contributed by atoms with E-state index in [1.807, 2.05) is 12.1 Å². The molecule has 1 saturated heterocycles. The van der Waals surface area contributed by atoms with Gasteiger partial charge in [-0.05, 0) is 30.7 Å². The zero-order valence-corrected chi connectivity index (χ0v) is 15.0. The number of ether oxygens (including phenoxy) is 1. The molecule has 1 amide bonds. The molecule has 8 nitrogen and oxygen atoms in total. The van der Waals surface area contributed by atoms with Gasteiger partial charge >= 0.3 is 0 Å². The number of morpholine rings is 1. The first kappa shape index (κ1) is 17.3. The van der Waals surface area contributed by atoms with Crippen LogP contribution in [0, 0.1) is 0 Å². The van der Waals surface area contributed by atoms with Crippen LogP contribution < -0.4 is 10.2 Å². The lowest BCUT2D eigenvalue weighted by atomic mass is 10.2. The molecule has 1 aliphatic rings. The zero-order chi connectivity index (χ0) is 18.6. The number of amides is 1. The summed E-state index contributed by atoms with van der Waals surface area (Å²) >= 11 is 0. The molecule has 0 bridgehead atoms. The highest BCUT2D eigenvalue weighted by Crippen LogP contribution is 2.18. The number of furan rings is 1. The number of pyridine rings is 1. The Kier molecular flexibility index (Phi) is 4.88. The van der Waals surface area contributed by atoms with Crippen molar-refractivity contribution in [3.63, 3.8) is 0 Å². The van der Waals surface area contributed by atoms with Gasteiger partial charge in [-0.2, -0.15) is 5.10 Å². The van der Waals surface area contributed by atoms with Gasteiger partial charge in [0.25, 0.3) is 5.91 Å². The lowest BCUT2D eigenvalue weighted by Crippen LogP contribution is -2.41. The van der Waals surface area contributed by atoms with Crippen molar-refractivity contribution in [2.45, 2.75) is 19.6 Å². The second-order valence-corrected chi connectivity index (χ2v) is 6.48. The summed E-state index contributed by atoms with van der Waals surface area (Å²) in [6.45, 7) is 4.83. The van der Waals surface area contributed by atoms with E-state index in [4.69, 9.17) is 9.15 Å². The Balaban J connectivity index is 1.34. The van der Waals surface area contributed by atoms with Crippen LogP contribution >= 0.6 is 0 Å². The second kappa shape index (κ2) is 7.63. The molecule has 4 heterocycles. The van der Waals surface area contributed by atoms with Crippen LogP contribution in [0.4, 0.5) is 5.82 Å². The number of nitrogens with zero attached hydrogens (tertiary/aromatic N) is 3. The third-order valence-electron chi connectivity index (χ3n) is 4.42. The van der Waals surface area contributed by atoms with Gasteiger partial charge in [0.05, 0.1) is 19.0 Å². The molecule has 3 aromatic heterocycles. The molecular weight excluding hydrogens is 346 g/mol. The number of anilines is 1. The summed E-state index contributed by atoms with van der Waals surface area (Å²) in [5, 5.41) is 9.69. The van der Waals surface area contributed by atoms with E-state index >= 15 is 0 Å². The van der Waals surface area contributed by atoms with E-state index < -0.39 is 0 Å². The van der Waals surface area contributed by atoms with Crippen LogP contribution in [0.2, 0.25) is 0 Å². The molecule has 0 aromatic carbocycles. The SMILES string of the molecule is C[C@@H]1CN(c2ccc(CNC(=O)c3cc(-c4ccco4)[nH]n3)cn2)CCO1. The average molecular weight is 367 g/mol. The van der Waals surface area contributed by atoms with Gasteiger partial charge in [0.1, 0.15) is 11.5 Å². The Morgan fingerprint density at radius 2 is 2.33 bits per heavy atom. The van der Waals surface area contributed by atoms with E-state index in [9.17, 15) is 4.79 Å². The van der Waals surface area contributed by atoms with Crippen LogP contribution in [0.5, 0.6) is 0 Å². The fourth-order valence-corrected chi connectivity index (χ4v) is 3.00. The number of carbonyl (C=O) groups excluding carboxylic acids is 1. The zero-order valence-electron chi connectivity index (χ0n) is 15.0. The fraction of sp³-hybridized carbons (Fsp3) is 0.316. The van der Waals surface area contributed by atoms with Crippen molar-refractivity contribution in [3.05, 3.63) is 54.0 Å². The van der Waals surface area contributed by atoms with Crippen LogP contribution in [-0.2, 0) is 11.3 Å². The minimum atomic E-state index is -0.255. The standard InChI is InChI=1S/C19H21N5O3/c1-13-12-24(6-8-26-13)18-5-4-14(10-20-18)11-21-19(25)16-9-15(22-23-16)17-3-2-7-27-17/h2-5,7,9-10,13H,6,8,11-12H2,1H3,(H,21,25)(H,22,23)/t13-/m1/s1. The molecule has 0 aliphatic carbocycles. The molecule has 0 radical (unpaired) electrons. The number of hydrogen-bond donors (Lipinski definition) is 2. The lowest BCUT2D eigenvalue weighted by Gasteiger charge is -2.32. The van der Waals surface area contributed by atoms with E-state index in [1.54, 1.807) is 30.7 Å². The summed E-state index contributed by atoms with van der Waals surface area (Å²) in [6, 6.07) is 9.20. The molecule has 0 spiro atoms. The van der Waals surface area contributed by atoms with Gasteiger partial charge in [-0.15, -0.1) is 0 Å². The Bertz CT molecular complexity index is 888. The number of aromatic nitrogens is 3. The number of aromatic amines is 1. The fourth-order valence-electron chi connectivity index (χ4n) is 3.00. The number of nitrogens with one attached hydrogen (secondary N) is 2. The summed E-state index contributed by atoms with van der Waals surface area (Å²) in [5.74, 6) is 1.31. The summed E-state index contributed by atoms with van der Waals surface area (Å²) < 4.78 is 10.8. The maximum absolute atomic E-state index is 12.3. The quantitative estimate of drug-likeness (QED) is 0.718. The average Bonchev–Trinajstić information content (AvgIpc) is 3.38. The molecule has 1 aliphatic heterocycles. The van der Waals surface area contributed by atoms with Gasteiger partial charge in [0.2, 0.25) is 0 Å². The topological polar surface area (TPSA) is 96.3 Å². The van der Waals surface area contributed by atoms with Crippen LogP contribution in [0.3, 0.4) is 0 Å². The molecule has 1 fully saturated rings. The highest BCUT2D eigenvalue weighted by atomic mass is 16.5. The highest BCUT2D eigenvalue weighted by Gasteiger charge is 2.18. The minimum Gasteiger partial charge on any atom is -0.463 e. The van der Waals surface area contributed by atoms with Crippen molar-refractivity contribution >= 4 is 11.7 Å². The molecule has 8 heteroatoms. The summed E-state index contributed by atoms with van der Waals surface area (Å²) in [5.41, 5.74) is 1.90. The second-order valence-electron chi connectivity index (χ2n) is 6.48. The molecule has 2 N–H and O–H groups in total. The first-order valence-corrected chi connectivity index (χ1v) is 8.88. The third kappa shape index (κ3) is 4.01. The normalized spacial score (nSPS) is 17.1. The molecule has 1 atom stereocenters. The van der Waals surface area contributed by atoms with Crippen LogP contribution in [0.1, 0.15) is 23.0 Å². The van der Waals surface area contributed by atoms with E-state index in [1.165, 1.54) is 0 Å². The van der Waals surface area contributed by atoms with E-state index in [-0.39, 0.29) is 12.0 Å². The molecular formula is C19H21N5O3. The van der Waals surface area contributed by atoms with Crippen molar-refractivity contribution in [2.75, 3.05) is 24.6 Å². The predicted molar refractivity (Wildman–Crippen MR) is 99.3 cm³/mol. The van der Waals surface area contributed by atoms with Crippen molar-refractivity contribution in [3.8, 4) is 11.5 Å². The first-order valence-electron chi connectivity index (χ1n) is 8.88. The van der Waals surface area contributed by atoms with Crippen LogP contribution in [-0.4, -0.2) is 46.9 Å². The van der Waals surface area contributed by atoms with Gasteiger partial charge in [0.15, 0.2) is 11.5 Å². The monoisotopic (exact) mass is 367 g/mol. The lowest BCUT2D eigenvalue weighted by molar-refractivity contribution is 0.0529. The number of rotatable bonds is 5. The van der Waals surface area contributed by atoms with E-state index in [2.05, 4.69) is 32.3 Å². The summed E-state index contributed by atoms with van der Waals surface area (Å²) in [7, 11) is 0. The number of hydrogen-bond acceptors (Lipinski definition) is 6. The molecule has 140 valence electrons. The van der Waals surface area contributed by atoms with Crippen LogP contribution in [0.15, 0.2) is 47.2 Å². The molecule has 3 aromatic rings. The van der Waals surface area contributed by atoms with Gasteiger partial charge in [-0.3, -0.25) is 9.89 Å². The minimum absolute atomic E-state index is 0.208. The van der Waals surface area contributed by atoms with Crippen molar-refractivity contribution in [2.24, 2.45) is 0 Å². The summed E-state index contributed by atoms with van der Waals surface area (Å²) in [6.07, 6.45) is 3.57. The molecule has 0 unspecified atom stereocenters. The summed E-state index contributed by atoms with van der Waals surface area (Å²) in [4.78, 5) is 19.0. The Labute approximate surface area is 156 Å². The van der Waals surface area contributed by atoms with Crippen molar-refractivity contribution in [1.29, 1.82) is 0 Å². The van der Waals surface area contributed by atoms with Crippen molar-refractivity contribution < 1.29 is 13.9 Å². The van der Waals surface area contributed by atoms with Gasteiger partial charge in [-0.1, -0.05) is 6.07 Å². The largest absolute Gasteiger partial charge is 0.463 e.